The van der Waals surface area contributed by atoms with Crippen LogP contribution in [0.1, 0.15) is 37.3 Å². The van der Waals surface area contributed by atoms with Gasteiger partial charge < -0.3 is 10.4 Å². The van der Waals surface area contributed by atoms with Crippen molar-refractivity contribution in [3.05, 3.63) is 35.6 Å². The fourth-order valence-electron chi connectivity index (χ4n) is 4.05. The first-order chi connectivity index (χ1) is 10.9. The zero-order valence-corrected chi connectivity index (χ0v) is 14.0. The van der Waals surface area contributed by atoms with E-state index in [1.165, 1.54) is 18.4 Å². The number of halogens is 1. The highest BCUT2D eigenvalue weighted by Gasteiger charge is 2.45. The molecule has 3 atom stereocenters. The number of nitrogens with one attached hydrogen (secondary N) is 1. The molecule has 2 aliphatic heterocycles. The minimum atomic E-state index is -3.16. The predicted octanol–water partition coefficient (Wildman–Crippen LogP) is 1.40. The lowest BCUT2D eigenvalue weighted by molar-refractivity contribution is 0.174. The number of rotatable bonds is 5. The molecule has 2 bridgehead atoms. The highest BCUT2D eigenvalue weighted by molar-refractivity contribution is 7.88. The second-order valence-corrected chi connectivity index (χ2v) is 8.49. The lowest BCUT2D eigenvalue weighted by Crippen LogP contribution is -2.51. The minimum Gasteiger partial charge on any atom is -0.394 e. The summed E-state index contributed by atoms with van der Waals surface area (Å²) in [4.78, 5) is 0. The maximum absolute atomic E-state index is 13.0. The molecule has 0 saturated carbocycles. The van der Waals surface area contributed by atoms with E-state index in [-0.39, 0.29) is 36.6 Å². The highest BCUT2D eigenvalue weighted by Crippen LogP contribution is 2.38. The van der Waals surface area contributed by atoms with E-state index in [9.17, 15) is 17.9 Å². The number of sulfonamides is 1. The first-order valence-electron chi connectivity index (χ1n) is 7.99. The molecule has 0 radical (unpaired) electrons. The van der Waals surface area contributed by atoms with Crippen molar-refractivity contribution in [1.29, 1.82) is 0 Å². The zero-order chi connectivity index (χ0) is 16.6. The summed E-state index contributed by atoms with van der Waals surface area (Å²) in [6.45, 7) is -0.0761. The van der Waals surface area contributed by atoms with Gasteiger partial charge in [0.15, 0.2) is 0 Å². The van der Waals surface area contributed by atoms with Crippen LogP contribution in [0.15, 0.2) is 24.3 Å². The number of nitrogens with zero attached hydrogens (tertiary/aromatic N) is 1. The molecule has 1 aromatic rings. The molecular weight excluding hydrogens is 319 g/mol. The van der Waals surface area contributed by atoms with Gasteiger partial charge in [0, 0.05) is 18.1 Å². The van der Waals surface area contributed by atoms with Crippen molar-refractivity contribution in [2.75, 3.05) is 12.9 Å². The molecule has 2 saturated heterocycles. The minimum absolute atomic E-state index is 0.0498. The molecular formula is C16H23FN2O3S. The quantitative estimate of drug-likeness (QED) is 0.849. The van der Waals surface area contributed by atoms with E-state index in [1.807, 2.05) is 0 Å². The van der Waals surface area contributed by atoms with Gasteiger partial charge in [0.05, 0.1) is 18.9 Å². The van der Waals surface area contributed by atoms with Gasteiger partial charge in [-0.25, -0.2) is 12.8 Å². The third kappa shape index (κ3) is 3.57. The summed E-state index contributed by atoms with van der Waals surface area (Å²) in [6.07, 6.45) is 4.58. The van der Waals surface area contributed by atoms with Crippen LogP contribution in [0.3, 0.4) is 0 Å². The van der Waals surface area contributed by atoms with Crippen LogP contribution in [-0.2, 0) is 10.0 Å². The molecule has 0 aromatic heterocycles. The summed E-state index contributed by atoms with van der Waals surface area (Å²) in [5.41, 5.74) is 0.840. The molecule has 7 heteroatoms. The van der Waals surface area contributed by atoms with Gasteiger partial charge in [-0.15, -0.1) is 0 Å². The standard InChI is InChI=1S/C16H23FN2O3S/c1-23(21,22)19-14-6-7-15(19)9-13(8-14)18-16(10-20)11-2-4-12(17)5-3-11/h2-5,13-16,18,20H,6-10H2,1H3. The smallest absolute Gasteiger partial charge is 0.211 e. The Labute approximate surface area is 136 Å². The van der Waals surface area contributed by atoms with Crippen molar-refractivity contribution in [1.82, 2.24) is 9.62 Å². The largest absolute Gasteiger partial charge is 0.394 e. The monoisotopic (exact) mass is 342 g/mol. The molecule has 5 nitrogen and oxygen atoms in total. The van der Waals surface area contributed by atoms with E-state index in [0.717, 1.165) is 31.2 Å². The first kappa shape index (κ1) is 16.8. The Kier molecular flexibility index (Phi) is 4.73. The van der Waals surface area contributed by atoms with E-state index in [2.05, 4.69) is 5.32 Å². The Hall–Kier alpha value is -1.02. The van der Waals surface area contributed by atoms with E-state index in [4.69, 9.17) is 0 Å². The van der Waals surface area contributed by atoms with E-state index in [0.29, 0.717) is 0 Å². The molecule has 23 heavy (non-hydrogen) atoms. The lowest BCUT2D eigenvalue weighted by atomic mass is 9.97. The van der Waals surface area contributed by atoms with Gasteiger partial charge in [-0.2, -0.15) is 4.31 Å². The number of benzene rings is 1. The maximum Gasteiger partial charge on any atom is 0.211 e. The molecule has 0 spiro atoms. The van der Waals surface area contributed by atoms with Crippen LogP contribution in [0.5, 0.6) is 0 Å². The van der Waals surface area contributed by atoms with E-state index < -0.39 is 10.0 Å². The molecule has 2 N–H and O–H groups in total. The van der Waals surface area contributed by atoms with Crippen LogP contribution in [0, 0.1) is 5.82 Å². The third-order valence-electron chi connectivity index (χ3n) is 4.94. The number of hydrogen-bond acceptors (Lipinski definition) is 4. The van der Waals surface area contributed by atoms with Crippen molar-refractivity contribution in [2.24, 2.45) is 0 Å². The molecule has 1 aromatic carbocycles. The van der Waals surface area contributed by atoms with Gasteiger partial charge in [-0.05, 0) is 43.4 Å². The number of aliphatic hydroxyl groups excluding tert-OH is 1. The van der Waals surface area contributed by atoms with Crippen LogP contribution in [0.25, 0.3) is 0 Å². The summed E-state index contributed by atoms with van der Waals surface area (Å²) >= 11 is 0. The number of aliphatic hydroxyl groups is 1. The topological polar surface area (TPSA) is 69.6 Å². The summed E-state index contributed by atoms with van der Waals surface area (Å²) in [7, 11) is -3.16. The van der Waals surface area contributed by atoms with Crippen LogP contribution in [-0.4, -0.2) is 48.8 Å². The molecule has 0 amide bonds. The molecule has 128 valence electrons. The fraction of sp³-hybridized carbons (Fsp3) is 0.625. The Balaban J connectivity index is 1.69. The molecule has 3 rings (SSSR count). The van der Waals surface area contributed by atoms with Gasteiger partial charge in [-0.1, -0.05) is 12.1 Å². The second-order valence-electron chi connectivity index (χ2n) is 6.60. The van der Waals surface area contributed by atoms with Crippen molar-refractivity contribution in [2.45, 2.75) is 49.9 Å². The third-order valence-corrected chi connectivity index (χ3v) is 6.30. The summed E-state index contributed by atoms with van der Waals surface area (Å²) in [5.74, 6) is -0.301. The Bertz CT molecular complexity index is 636. The van der Waals surface area contributed by atoms with Gasteiger partial charge in [-0.3, -0.25) is 0 Å². The Morgan fingerprint density at radius 2 is 1.83 bits per heavy atom. The second kappa shape index (κ2) is 6.47. The van der Waals surface area contributed by atoms with Crippen molar-refractivity contribution in [3.8, 4) is 0 Å². The average Bonchev–Trinajstić information content (AvgIpc) is 2.78. The van der Waals surface area contributed by atoms with E-state index >= 15 is 0 Å². The van der Waals surface area contributed by atoms with Gasteiger partial charge in [0.1, 0.15) is 5.82 Å². The highest BCUT2D eigenvalue weighted by atomic mass is 32.2. The van der Waals surface area contributed by atoms with Crippen molar-refractivity contribution < 1.29 is 17.9 Å². The molecule has 2 heterocycles. The molecule has 2 aliphatic rings. The van der Waals surface area contributed by atoms with Crippen LogP contribution in [0.4, 0.5) is 4.39 Å². The molecule has 0 aliphatic carbocycles. The van der Waals surface area contributed by atoms with Gasteiger partial charge in [0.2, 0.25) is 10.0 Å². The van der Waals surface area contributed by atoms with Crippen LogP contribution in [0.2, 0.25) is 0 Å². The van der Waals surface area contributed by atoms with Gasteiger partial charge in [0.25, 0.3) is 0 Å². The Morgan fingerprint density at radius 1 is 1.26 bits per heavy atom. The van der Waals surface area contributed by atoms with Crippen LogP contribution >= 0.6 is 0 Å². The van der Waals surface area contributed by atoms with Crippen molar-refractivity contribution in [3.63, 3.8) is 0 Å². The van der Waals surface area contributed by atoms with Crippen LogP contribution < -0.4 is 5.32 Å². The zero-order valence-electron chi connectivity index (χ0n) is 13.2. The first-order valence-corrected chi connectivity index (χ1v) is 9.84. The summed E-state index contributed by atoms with van der Waals surface area (Å²) < 4.78 is 38.5. The number of fused-ring (bicyclic) bond motifs is 2. The fourth-order valence-corrected chi connectivity index (χ4v) is 5.51. The molecule has 3 unspecified atom stereocenters. The summed E-state index contributed by atoms with van der Waals surface area (Å²) in [5, 5.41) is 13.1. The lowest BCUT2D eigenvalue weighted by Gasteiger charge is -2.38. The van der Waals surface area contributed by atoms with E-state index in [1.54, 1.807) is 16.4 Å². The summed E-state index contributed by atoms with van der Waals surface area (Å²) in [6, 6.07) is 6.11. The maximum atomic E-state index is 13.0. The molecule has 2 fully saturated rings. The average molecular weight is 342 g/mol. The number of piperidine rings is 1. The number of hydrogen-bond donors (Lipinski definition) is 2. The Morgan fingerprint density at radius 3 is 2.30 bits per heavy atom. The predicted molar refractivity (Wildman–Crippen MR) is 85.9 cm³/mol. The normalized spacial score (nSPS) is 29.6. The SMILES string of the molecule is CS(=O)(=O)N1C2CCC1CC(NC(CO)c1ccc(F)cc1)C2. The van der Waals surface area contributed by atoms with Crippen molar-refractivity contribution >= 4 is 10.0 Å². The van der Waals surface area contributed by atoms with Gasteiger partial charge >= 0.3 is 0 Å².